The van der Waals surface area contributed by atoms with Crippen molar-refractivity contribution in [3.8, 4) is 11.1 Å². The second kappa shape index (κ2) is 7.29. The Balaban J connectivity index is 2.01. The van der Waals surface area contributed by atoms with Crippen LogP contribution < -0.4 is 5.56 Å². The first-order chi connectivity index (χ1) is 13.9. The summed E-state index contributed by atoms with van der Waals surface area (Å²) >= 11 is 1.40. The van der Waals surface area contributed by atoms with Crippen LogP contribution in [0.5, 0.6) is 0 Å². The van der Waals surface area contributed by atoms with E-state index in [9.17, 15) is 14.7 Å². The predicted octanol–water partition coefficient (Wildman–Crippen LogP) is 4.54. The topological polar surface area (TPSA) is 72.2 Å². The van der Waals surface area contributed by atoms with E-state index in [2.05, 4.69) is 0 Å². The van der Waals surface area contributed by atoms with Crippen LogP contribution in [0, 0.1) is 0 Å². The molecule has 6 heteroatoms. The molecule has 29 heavy (non-hydrogen) atoms. The molecule has 0 saturated heterocycles. The Morgan fingerprint density at radius 3 is 2.31 bits per heavy atom. The van der Waals surface area contributed by atoms with E-state index >= 15 is 0 Å². The van der Waals surface area contributed by atoms with Crippen LogP contribution in [0.15, 0.2) is 70.8 Å². The molecule has 2 aromatic carbocycles. The summed E-state index contributed by atoms with van der Waals surface area (Å²) in [7, 11) is 0. The van der Waals surface area contributed by atoms with E-state index in [1.807, 2.05) is 66.0 Å². The molecule has 0 aliphatic heterocycles. The van der Waals surface area contributed by atoms with Crippen molar-refractivity contribution in [3.63, 3.8) is 0 Å². The number of nitrogens with zero attached hydrogens (tertiary/aromatic N) is 2. The molecule has 0 aliphatic rings. The third-order valence-corrected chi connectivity index (χ3v) is 5.92. The summed E-state index contributed by atoms with van der Waals surface area (Å²) in [6, 6.07) is 19.2. The van der Waals surface area contributed by atoms with Gasteiger partial charge in [0.2, 0.25) is 0 Å². The Hall–Kier alpha value is -3.25. The highest BCUT2D eigenvalue weighted by molar-refractivity contribution is 7.17. The highest BCUT2D eigenvalue weighted by Crippen LogP contribution is 2.32. The summed E-state index contributed by atoms with van der Waals surface area (Å²) < 4.78 is 1.34. The standard InChI is InChI=1S/C23H20N2O3S/c1-23(2,22(27)28)25-18(13-15-9-5-3-6-10-15)24-20-19(21(25)26)17(14-29-20)16-11-7-4-8-12-16/h3-12,14H,13H2,1-2H3,(H,27,28). The zero-order valence-electron chi connectivity index (χ0n) is 16.1. The van der Waals surface area contributed by atoms with Crippen molar-refractivity contribution in [3.05, 3.63) is 87.8 Å². The highest BCUT2D eigenvalue weighted by Gasteiger charge is 2.34. The number of hydrogen-bond donors (Lipinski definition) is 1. The van der Waals surface area contributed by atoms with Crippen LogP contribution in [-0.4, -0.2) is 20.6 Å². The van der Waals surface area contributed by atoms with Crippen LogP contribution in [0.3, 0.4) is 0 Å². The summed E-state index contributed by atoms with van der Waals surface area (Å²) in [5, 5.41) is 12.2. The molecule has 0 amide bonds. The van der Waals surface area contributed by atoms with Gasteiger partial charge in [0.1, 0.15) is 16.2 Å². The van der Waals surface area contributed by atoms with Gasteiger partial charge in [-0.25, -0.2) is 9.78 Å². The zero-order chi connectivity index (χ0) is 20.6. The molecule has 2 heterocycles. The number of hydrogen-bond acceptors (Lipinski definition) is 4. The van der Waals surface area contributed by atoms with E-state index in [0.717, 1.165) is 16.7 Å². The summed E-state index contributed by atoms with van der Waals surface area (Å²) in [5.74, 6) is -0.630. The van der Waals surface area contributed by atoms with Gasteiger partial charge in [0.15, 0.2) is 0 Å². The number of aromatic nitrogens is 2. The average Bonchev–Trinajstić information content (AvgIpc) is 3.13. The predicted molar refractivity (Wildman–Crippen MR) is 116 cm³/mol. The van der Waals surface area contributed by atoms with Gasteiger partial charge in [0.05, 0.1) is 5.39 Å². The summed E-state index contributed by atoms with van der Waals surface area (Å²) in [5.41, 5.74) is 0.901. The molecule has 0 unspecified atom stereocenters. The Bertz CT molecular complexity index is 1240. The summed E-state index contributed by atoms with van der Waals surface area (Å²) in [6.07, 6.45) is 0.376. The van der Waals surface area contributed by atoms with Gasteiger partial charge in [-0.3, -0.25) is 9.36 Å². The quantitative estimate of drug-likeness (QED) is 0.530. The zero-order valence-corrected chi connectivity index (χ0v) is 16.9. The van der Waals surface area contributed by atoms with Crippen LogP contribution in [0.1, 0.15) is 25.2 Å². The maximum absolute atomic E-state index is 13.6. The summed E-state index contributed by atoms with van der Waals surface area (Å²) in [6.45, 7) is 3.07. The lowest BCUT2D eigenvalue weighted by atomic mass is 10.0. The number of fused-ring (bicyclic) bond motifs is 1. The third-order valence-electron chi connectivity index (χ3n) is 5.05. The number of aliphatic carboxylic acids is 1. The van der Waals surface area contributed by atoms with E-state index in [1.54, 1.807) is 0 Å². The van der Waals surface area contributed by atoms with Crippen molar-refractivity contribution >= 4 is 27.5 Å². The van der Waals surface area contributed by atoms with E-state index in [-0.39, 0.29) is 5.56 Å². The fraction of sp³-hybridized carbons (Fsp3) is 0.174. The molecule has 0 atom stereocenters. The second-order valence-corrected chi connectivity index (χ2v) is 8.25. The molecule has 0 bridgehead atoms. The number of carbonyl (C=O) groups is 1. The normalized spacial score (nSPS) is 11.7. The SMILES string of the molecule is CC(C)(C(=O)O)n1c(Cc2ccccc2)nc2scc(-c3ccccc3)c2c1=O. The van der Waals surface area contributed by atoms with Gasteiger partial charge >= 0.3 is 5.97 Å². The largest absolute Gasteiger partial charge is 0.480 e. The van der Waals surface area contributed by atoms with Crippen molar-refractivity contribution in [2.75, 3.05) is 0 Å². The van der Waals surface area contributed by atoms with Gasteiger partial charge < -0.3 is 5.11 Å². The van der Waals surface area contributed by atoms with Crippen molar-refractivity contribution in [1.82, 2.24) is 9.55 Å². The first-order valence-corrected chi connectivity index (χ1v) is 10.1. The lowest BCUT2D eigenvalue weighted by Crippen LogP contribution is -2.45. The van der Waals surface area contributed by atoms with Crippen LogP contribution in [0.2, 0.25) is 0 Å². The van der Waals surface area contributed by atoms with Gasteiger partial charge in [-0.05, 0) is 25.0 Å². The Labute approximate surface area is 171 Å². The number of rotatable bonds is 5. The van der Waals surface area contributed by atoms with Crippen LogP contribution in [0.4, 0.5) is 0 Å². The molecule has 0 spiro atoms. The highest BCUT2D eigenvalue weighted by atomic mass is 32.1. The van der Waals surface area contributed by atoms with Gasteiger partial charge in [-0.15, -0.1) is 11.3 Å². The van der Waals surface area contributed by atoms with Crippen molar-refractivity contribution in [1.29, 1.82) is 0 Å². The van der Waals surface area contributed by atoms with Crippen molar-refractivity contribution in [2.24, 2.45) is 0 Å². The lowest BCUT2D eigenvalue weighted by molar-refractivity contribution is -0.146. The summed E-state index contributed by atoms with van der Waals surface area (Å²) in [4.78, 5) is 31.0. The minimum atomic E-state index is -1.43. The number of carboxylic acid groups (broad SMARTS) is 1. The minimum Gasteiger partial charge on any atom is -0.480 e. The molecular formula is C23H20N2O3S. The number of carboxylic acids is 1. The molecule has 146 valence electrons. The van der Waals surface area contributed by atoms with Gasteiger partial charge in [-0.2, -0.15) is 0 Å². The van der Waals surface area contributed by atoms with Crippen LogP contribution in [0.25, 0.3) is 21.3 Å². The van der Waals surface area contributed by atoms with E-state index < -0.39 is 11.5 Å². The molecule has 0 aliphatic carbocycles. The first-order valence-electron chi connectivity index (χ1n) is 9.26. The molecule has 1 N–H and O–H groups in total. The van der Waals surface area contributed by atoms with Crippen LogP contribution >= 0.6 is 11.3 Å². The van der Waals surface area contributed by atoms with E-state index in [1.165, 1.54) is 29.8 Å². The molecular weight excluding hydrogens is 384 g/mol. The maximum Gasteiger partial charge on any atom is 0.329 e. The fourth-order valence-electron chi connectivity index (χ4n) is 3.43. The molecule has 5 nitrogen and oxygen atoms in total. The third kappa shape index (κ3) is 3.36. The van der Waals surface area contributed by atoms with Crippen LogP contribution in [-0.2, 0) is 16.8 Å². The van der Waals surface area contributed by atoms with E-state index in [0.29, 0.717) is 22.5 Å². The van der Waals surface area contributed by atoms with Crippen molar-refractivity contribution < 1.29 is 9.90 Å². The fourth-order valence-corrected chi connectivity index (χ4v) is 4.39. The Morgan fingerprint density at radius 1 is 1.07 bits per heavy atom. The minimum absolute atomic E-state index is 0.326. The lowest BCUT2D eigenvalue weighted by Gasteiger charge is -2.25. The molecule has 0 fully saturated rings. The molecule has 4 rings (SSSR count). The smallest absolute Gasteiger partial charge is 0.329 e. The maximum atomic E-state index is 13.6. The number of thiophene rings is 1. The number of benzene rings is 2. The average molecular weight is 404 g/mol. The van der Waals surface area contributed by atoms with E-state index in [4.69, 9.17) is 4.98 Å². The van der Waals surface area contributed by atoms with Crippen molar-refractivity contribution in [2.45, 2.75) is 25.8 Å². The monoisotopic (exact) mass is 404 g/mol. The van der Waals surface area contributed by atoms with Gasteiger partial charge in [-0.1, -0.05) is 60.7 Å². The first kappa shape index (κ1) is 19.1. The molecule has 0 saturated carbocycles. The molecule has 2 aromatic heterocycles. The van der Waals surface area contributed by atoms with Gasteiger partial charge in [0.25, 0.3) is 5.56 Å². The Morgan fingerprint density at radius 2 is 1.69 bits per heavy atom. The van der Waals surface area contributed by atoms with Gasteiger partial charge in [0, 0.05) is 17.4 Å². The Kier molecular flexibility index (Phi) is 4.80. The molecule has 0 radical (unpaired) electrons. The second-order valence-electron chi connectivity index (χ2n) is 7.39. The molecule has 4 aromatic rings.